The fourth-order valence-electron chi connectivity index (χ4n) is 4.31. The summed E-state index contributed by atoms with van der Waals surface area (Å²) in [6.07, 6.45) is -12.3. The molecule has 15 atom stereocenters. The summed E-state index contributed by atoms with van der Waals surface area (Å²) in [6, 6.07) is -2.60. The van der Waals surface area contributed by atoms with Crippen LogP contribution >= 0.6 is 45.2 Å². The average molecular weight is 705 g/mol. The SMILES string of the molecule is NC1C(O)[C@@H](O[C@@H]2C(N)C[C@@H](N)C(OC3OC(CI)C(O)C(O)C3I)C2O)OC(CO)[C@H]1O. The molecule has 3 fully saturated rings. The Balaban J connectivity index is 1.72. The van der Waals surface area contributed by atoms with E-state index in [1.165, 1.54) is 0 Å². The van der Waals surface area contributed by atoms with Crippen molar-refractivity contribution in [2.45, 2.75) is 96.0 Å². The van der Waals surface area contributed by atoms with Crippen molar-refractivity contribution >= 4 is 45.2 Å². The number of hydrogen-bond acceptors (Lipinski definition) is 13. The lowest BCUT2D eigenvalue weighted by molar-refractivity contribution is -0.315. The van der Waals surface area contributed by atoms with E-state index in [2.05, 4.69) is 0 Å². The van der Waals surface area contributed by atoms with Gasteiger partial charge in [-0.25, -0.2) is 0 Å². The van der Waals surface area contributed by atoms with Gasteiger partial charge in [0.25, 0.3) is 0 Å². The highest BCUT2D eigenvalue weighted by Gasteiger charge is 2.51. The van der Waals surface area contributed by atoms with E-state index < -0.39 is 96.2 Å². The Morgan fingerprint density at radius 1 is 0.758 bits per heavy atom. The largest absolute Gasteiger partial charge is 0.394 e. The van der Waals surface area contributed by atoms with Gasteiger partial charge in [0.1, 0.15) is 42.7 Å². The highest BCUT2D eigenvalue weighted by molar-refractivity contribution is 14.1. The quantitative estimate of drug-likeness (QED) is 0.0940. The van der Waals surface area contributed by atoms with E-state index in [0.29, 0.717) is 4.43 Å². The Morgan fingerprint density at radius 2 is 1.30 bits per heavy atom. The lowest BCUT2D eigenvalue weighted by Crippen LogP contribution is -2.68. The lowest BCUT2D eigenvalue weighted by atomic mass is 9.84. The summed E-state index contributed by atoms with van der Waals surface area (Å²) in [6.45, 7) is -0.556. The Bertz CT molecular complexity index is 590. The van der Waals surface area contributed by atoms with Crippen molar-refractivity contribution in [3.8, 4) is 0 Å². The average Bonchev–Trinajstić information content (AvgIpc) is 2.79. The molecule has 1 aliphatic carbocycles. The Labute approximate surface area is 218 Å². The van der Waals surface area contributed by atoms with Gasteiger partial charge in [0.2, 0.25) is 0 Å². The minimum Gasteiger partial charge on any atom is -0.394 e. The fourth-order valence-corrected chi connectivity index (χ4v) is 5.80. The highest BCUT2D eigenvalue weighted by Crippen LogP contribution is 2.33. The van der Waals surface area contributed by atoms with E-state index in [-0.39, 0.29) is 6.42 Å². The molecule has 3 rings (SSSR count). The number of ether oxygens (including phenoxy) is 4. The highest BCUT2D eigenvalue weighted by atomic mass is 127. The first-order valence-corrected chi connectivity index (χ1v) is 13.4. The van der Waals surface area contributed by atoms with Crippen LogP contribution in [-0.2, 0) is 18.9 Å². The van der Waals surface area contributed by atoms with Crippen molar-refractivity contribution in [1.29, 1.82) is 0 Å². The van der Waals surface area contributed by atoms with Gasteiger partial charge >= 0.3 is 0 Å². The van der Waals surface area contributed by atoms with Crippen LogP contribution in [0.5, 0.6) is 0 Å². The van der Waals surface area contributed by atoms with Gasteiger partial charge in [0, 0.05) is 16.5 Å². The molecule has 0 radical (unpaired) electrons. The van der Waals surface area contributed by atoms with Crippen molar-refractivity contribution in [3.63, 3.8) is 0 Å². The van der Waals surface area contributed by atoms with Gasteiger partial charge in [-0.15, -0.1) is 0 Å². The number of rotatable bonds is 6. The van der Waals surface area contributed by atoms with Crippen LogP contribution in [0.2, 0.25) is 0 Å². The second-order valence-electron chi connectivity index (χ2n) is 8.66. The molecule has 194 valence electrons. The van der Waals surface area contributed by atoms with Crippen molar-refractivity contribution in [2.24, 2.45) is 17.2 Å². The Kier molecular flexibility index (Phi) is 10.4. The Morgan fingerprint density at radius 3 is 1.85 bits per heavy atom. The summed E-state index contributed by atoms with van der Waals surface area (Å²) in [5.74, 6) is 0. The second-order valence-corrected chi connectivity index (χ2v) is 11.0. The van der Waals surface area contributed by atoms with Gasteiger partial charge < -0.3 is 66.8 Å². The van der Waals surface area contributed by atoms with Gasteiger partial charge in [0.05, 0.1) is 28.8 Å². The third-order valence-electron chi connectivity index (χ3n) is 6.36. The first kappa shape index (κ1) is 28.5. The lowest BCUT2D eigenvalue weighted by Gasteiger charge is -2.48. The third kappa shape index (κ3) is 5.93. The van der Waals surface area contributed by atoms with E-state index in [0.717, 1.165) is 0 Å². The molecule has 0 amide bonds. The molecular weight excluding hydrogens is 672 g/mol. The first-order valence-electron chi connectivity index (χ1n) is 10.6. The number of hydrogen-bond donors (Lipinski definition) is 9. The topological polar surface area (TPSA) is 236 Å². The molecule has 1 saturated carbocycles. The van der Waals surface area contributed by atoms with Crippen molar-refractivity contribution < 1.29 is 49.6 Å². The van der Waals surface area contributed by atoms with Crippen LogP contribution in [0, 0.1) is 0 Å². The molecule has 13 nitrogen and oxygen atoms in total. The van der Waals surface area contributed by atoms with Gasteiger partial charge in [-0.3, -0.25) is 0 Å². The maximum Gasteiger partial charge on any atom is 0.186 e. The number of alkyl halides is 2. The molecule has 33 heavy (non-hydrogen) atoms. The predicted octanol–water partition coefficient (Wildman–Crippen LogP) is -4.37. The summed E-state index contributed by atoms with van der Waals surface area (Å²) in [5, 5.41) is 61.4. The number of nitrogens with two attached hydrogens (primary N) is 3. The molecule has 0 aromatic carbocycles. The van der Waals surface area contributed by atoms with Crippen molar-refractivity contribution in [3.05, 3.63) is 0 Å². The summed E-state index contributed by atoms with van der Waals surface area (Å²) in [7, 11) is 0. The standard InChI is InChI=1S/C18H33I2N3O10/c19-2-6-11(26)12(27)8(20)17(30-6)32-15-4(21)1-5(22)16(14(15)29)33-18-13(28)9(23)10(25)7(3-24)31-18/h4-18,24-29H,1-3,21-23H2/t4-,5?,6?,7?,8?,9?,10-,11?,12?,13?,14?,15?,16-,17?,18-/m1/s1. The minimum atomic E-state index is -1.45. The van der Waals surface area contributed by atoms with Crippen LogP contribution in [-0.4, -0.2) is 131 Å². The van der Waals surface area contributed by atoms with Gasteiger partial charge in [0.15, 0.2) is 12.6 Å². The molecule has 15 heteroatoms. The van der Waals surface area contributed by atoms with Gasteiger partial charge in [-0.1, -0.05) is 45.2 Å². The molecule has 11 unspecified atom stereocenters. The smallest absolute Gasteiger partial charge is 0.186 e. The molecule has 3 aliphatic rings. The maximum atomic E-state index is 11.0. The van der Waals surface area contributed by atoms with Crippen LogP contribution in [0.15, 0.2) is 0 Å². The maximum absolute atomic E-state index is 11.0. The molecule has 2 heterocycles. The fraction of sp³-hybridized carbons (Fsp3) is 1.00. The van der Waals surface area contributed by atoms with Gasteiger partial charge in [-0.2, -0.15) is 0 Å². The number of halogens is 2. The normalized spacial score (nSPS) is 53.7. The third-order valence-corrected chi connectivity index (χ3v) is 8.55. The molecule has 0 spiro atoms. The van der Waals surface area contributed by atoms with E-state index in [1.807, 2.05) is 45.2 Å². The zero-order chi connectivity index (χ0) is 24.6. The van der Waals surface area contributed by atoms with Crippen molar-refractivity contribution in [2.75, 3.05) is 11.0 Å². The predicted molar refractivity (Wildman–Crippen MR) is 129 cm³/mol. The molecular formula is C18H33I2N3O10. The van der Waals surface area contributed by atoms with Crippen LogP contribution in [0.25, 0.3) is 0 Å². The van der Waals surface area contributed by atoms with Crippen LogP contribution in [0.1, 0.15) is 6.42 Å². The van der Waals surface area contributed by atoms with Crippen LogP contribution in [0.3, 0.4) is 0 Å². The minimum absolute atomic E-state index is 0.187. The zero-order valence-corrected chi connectivity index (χ0v) is 21.9. The van der Waals surface area contributed by atoms with Crippen LogP contribution < -0.4 is 17.2 Å². The first-order chi connectivity index (χ1) is 15.5. The molecule has 2 saturated heterocycles. The molecule has 0 aromatic heterocycles. The summed E-state index contributed by atoms with van der Waals surface area (Å²) >= 11 is 3.93. The summed E-state index contributed by atoms with van der Waals surface area (Å²) in [5.41, 5.74) is 18.2. The van der Waals surface area contributed by atoms with E-state index >= 15 is 0 Å². The van der Waals surface area contributed by atoms with Gasteiger partial charge in [-0.05, 0) is 6.42 Å². The van der Waals surface area contributed by atoms with Crippen molar-refractivity contribution in [1.82, 2.24) is 0 Å². The number of aliphatic hydroxyl groups is 6. The van der Waals surface area contributed by atoms with Crippen LogP contribution in [0.4, 0.5) is 0 Å². The number of aliphatic hydroxyl groups excluding tert-OH is 6. The molecule has 0 bridgehead atoms. The molecule has 12 N–H and O–H groups in total. The molecule has 2 aliphatic heterocycles. The summed E-state index contributed by atoms with van der Waals surface area (Å²) < 4.78 is 22.7. The van der Waals surface area contributed by atoms with E-state index in [9.17, 15) is 30.6 Å². The molecule has 0 aromatic rings. The second kappa shape index (κ2) is 12.0. The Hall–Kier alpha value is 0.940. The monoisotopic (exact) mass is 705 g/mol. The van der Waals surface area contributed by atoms with E-state index in [4.69, 9.17) is 36.1 Å². The zero-order valence-electron chi connectivity index (χ0n) is 17.6. The van der Waals surface area contributed by atoms with E-state index in [1.54, 1.807) is 0 Å². The summed E-state index contributed by atoms with van der Waals surface area (Å²) in [4.78, 5) is 0.